The predicted molar refractivity (Wildman–Crippen MR) is 79.7 cm³/mol. The average molecular weight is 392 g/mol. The summed E-state index contributed by atoms with van der Waals surface area (Å²) in [6.45, 7) is 1.90. The molecule has 0 radical (unpaired) electrons. The van der Waals surface area contributed by atoms with E-state index in [0.717, 1.165) is 6.42 Å². The summed E-state index contributed by atoms with van der Waals surface area (Å²) in [4.78, 5) is 16.4. The van der Waals surface area contributed by atoms with E-state index in [1.807, 2.05) is 6.92 Å². The van der Waals surface area contributed by atoms with E-state index in [1.54, 1.807) is 18.5 Å². The highest BCUT2D eigenvalue weighted by atomic mass is 79.9. The molecule has 2 aromatic rings. The Bertz CT molecular complexity index is 688. The molecule has 2 heterocycles. The van der Waals surface area contributed by atoms with Gasteiger partial charge < -0.3 is 4.52 Å². The minimum atomic E-state index is -4.62. The van der Waals surface area contributed by atoms with Crippen molar-refractivity contribution in [2.24, 2.45) is 0 Å². The molecule has 2 aromatic heterocycles. The summed E-state index contributed by atoms with van der Waals surface area (Å²) in [5.74, 6) is -1.37. The van der Waals surface area contributed by atoms with Crippen molar-refractivity contribution in [3.63, 3.8) is 0 Å². The number of aromatic nitrogens is 2. The first-order chi connectivity index (χ1) is 10.8. The van der Waals surface area contributed by atoms with Gasteiger partial charge in [0.2, 0.25) is 11.8 Å². The Kier molecular flexibility index (Phi) is 5.40. The molecule has 0 spiro atoms. The van der Waals surface area contributed by atoms with Crippen LogP contribution in [0.5, 0.6) is 0 Å². The monoisotopic (exact) mass is 391 g/mol. The molecule has 124 valence electrons. The van der Waals surface area contributed by atoms with Crippen LogP contribution in [0.2, 0.25) is 0 Å². The fraction of sp³-hybridized carbons (Fsp3) is 0.357. The fourth-order valence-electron chi connectivity index (χ4n) is 2.03. The van der Waals surface area contributed by atoms with Crippen LogP contribution >= 0.6 is 15.9 Å². The lowest BCUT2D eigenvalue weighted by atomic mass is 9.95. The Morgan fingerprint density at radius 1 is 1.39 bits per heavy atom. The van der Waals surface area contributed by atoms with Gasteiger partial charge in [0.25, 0.3) is 0 Å². The fourth-order valence-corrected chi connectivity index (χ4v) is 2.42. The number of carbonyl (C=O) groups excluding carboxylic acids is 1. The van der Waals surface area contributed by atoms with Gasteiger partial charge in [-0.25, -0.2) is 0 Å². The van der Waals surface area contributed by atoms with Gasteiger partial charge in [0.05, 0.1) is 5.92 Å². The molecule has 0 bridgehead atoms. The van der Waals surface area contributed by atoms with E-state index < -0.39 is 23.7 Å². The number of amides is 1. The van der Waals surface area contributed by atoms with E-state index in [2.05, 4.69) is 35.9 Å². The lowest BCUT2D eigenvalue weighted by molar-refractivity contribution is -0.142. The van der Waals surface area contributed by atoms with Crippen molar-refractivity contribution in [3.8, 4) is 0 Å². The zero-order valence-electron chi connectivity index (χ0n) is 12.0. The molecule has 5 nitrogen and oxygen atoms in total. The van der Waals surface area contributed by atoms with Crippen LogP contribution in [0, 0.1) is 0 Å². The third kappa shape index (κ3) is 4.54. The number of anilines is 1. The van der Waals surface area contributed by atoms with Crippen LogP contribution in [0.15, 0.2) is 33.5 Å². The van der Waals surface area contributed by atoms with E-state index >= 15 is 0 Å². The molecule has 2 rings (SSSR count). The zero-order valence-corrected chi connectivity index (χ0v) is 13.6. The van der Waals surface area contributed by atoms with Crippen LogP contribution < -0.4 is 5.32 Å². The van der Waals surface area contributed by atoms with Crippen molar-refractivity contribution in [3.05, 3.63) is 40.3 Å². The van der Waals surface area contributed by atoms with Gasteiger partial charge in [0.15, 0.2) is 5.69 Å². The standard InChI is InChI=1S/C14H13BrF3N3O2/c1-2-3-10(8-4-9(15)7-19-6-8)13(22)20-12-5-11(21-23-12)14(16,17)18/h4-7,10H,2-3H2,1H3,(H,20,22). The molecule has 1 amide bonds. The first-order valence-corrected chi connectivity index (χ1v) is 7.55. The van der Waals surface area contributed by atoms with Crippen LogP contribution in [-0.2, 0) is 11.0 Å². The molecule has 9 heteroatoms. The third-order valence-corrected chi connectivity index (χ3v) is 3.50. The van der Waals surface area contributed by atoms with Crippen molar-refractivity contribution < 1.29 is 22.5 Å². The molecule has 0 fully saturated rings. The van der Waals surface area contributed by atoms with Crippen molar-refractivity contribution in [2.75, 3.05) is 5.32 Å². The molecule has 0 aliphatic heterocycles. The first kappa shape index (κ1) is 17.5. The summed E-state index contributed by atoms with van der Waals surface area (Å²) in [7, 11) is 0. The Hall–Kier alpha value is -1.90. The number of hydrogen-bond donors (Lipinski definition) is 1. The second-order valence-electron chi connectivity index (χ2n) is 4.84. The molecule has 23 heavy (non-hydrogen) atoms. The van der Waals surface area contributed by atoms with Gasteiger partial charge in [-0.2, -0.15) is 13.2 Å². The number of rotatable bonds is 5. The molecule has 0 aliphatic rings. The molecule has 0 aromatic carbocycles. The SMILES string of the molecule is CCCC(C(=O)Nc1cc(C(F)(F)F)no1)c1cncc(Br)c1. The molecule has 0 saturated heterocycles. The quantitative estimate of drug-likeness (QED) is 0.821. The highest BCUT2D eigenvalue weighted by molar-refractivity contribution is 9.10. The van der Waals surface area contributed by atoms with E-state index in [9.17, 15) is 18.0 Å². The number of hydrogen-bond acceptors (Lipinski definition) is 4. The summed E-state index contributed by atoms with van der Waals surface area (Å²) in [5.41, 5.74) is -0.529. The van der Waals surface area contributed by atoms with E-state index in [1.165, 1.54) is 0 Å². The smallest absolute Gasteiger partial charge is 0.338 e. The van der Waals surface area contributed by atoms with Crippen LogP contribution in [0.4, 0.5) is 19.1 Å². The second-order valence-corrected chi connectivity index (χ2v) is 5.76. The van der Waals surface area contributed by atoms with Crippen molar-refractivity contribution in [1.82, 2.24) is 10.1 Å². The van der Waals surface area contributed by atoms with Crippen molar-refractivity contribution in [1.29, 1.82) is 0 Å². The summed E-state index contributed by atoms with van der Waals surface area (Å²) in [6, 6.07) is 2.40. The maximum absolute atomic E-state index is 12.5. The van der Waals surface area contributed by atoms with Crippen molar-refractivity contribution in [2.45, 2.75) is 31.9 Å². The Morgan fingerprint density at radius 2 is 2.13 bits per heavy atom. The lowest BCUT2D eigenvalue weighted by Crippen LogP contribution is -2.21. The Balaban J connectivity index is 2.17. The normalized spacial score (nSPS) is 12.9. The molecule has 0 saturated carbocycles. The minimum absolute atomic E-state index is 0.341. The van der Waals surface area contributed by atoms with Gasteiger partial charge in [-0.1, -0.05) is 18.5 Å². The van der Waals surface area contributed by atoms with Crippen molar-refractivity contribution >= 4 is 27.7 Å². The van der Waals surface area contributed by atoms with Gasteiger partial charge in [0.1, 0.15) is 0 Å². The Labute approximate surface area is 138 Å². The number of nitrogens with zero attached hydrogens (tertiary/aromatic N) is 2. The summed E-state index contributed by atoms with van der Waals surface area (Å²) in [6.07, 6.45) is -0.259. The van der Waals surface area contributed by atoms with Crippen LogP contribution in [0.25, 0.3) is 0 Å². The average Bonchev–Trinajstić information content (AvgIpc) is 2.93. The van der Waals surface area contributed by atoms with E-state index in [4.69, 9.17) is 0 Å². The van der Waals surface area contributed by atoms with Gasteiger partial charge >= 0.3 is 6.18 Å². The summed E-state index contributed by atoms with van der Waals surface area (Å²) in [5, 5.41) is 5.22. The number of alkyl halides is 3. The molecule has 0 aliphatic carbocycles. The number of pyridine rings is 1. The van der Waals surface area contributed by atoms with Crippen LogP contribution in [0.1, 0.15) is 36.9 Å². The zero-order chi connectivity index (χ0) is 17.0. The van der Waals surface area contributed by atoms with Crippen LogP contribution in [0.3, 0.4) is 0 Å². The van der Waals surface area contributed by atoms with Gasteiger partial charge in [0, 0.05) is 22.9 Å². The maximum atomic E-state index is 12.5. The molecule has 1 unspecified atom stereocenters. The molecule has 1 N–H and O–H groups in total. The molecular weight excluding hydrogens is 379 g/mol. The number of halogens is 4. The topological polar surface area (TPSA) is 68.0 Å². The highest BCUT2D eigenvalue weighted by Gasteiger charge is 2.35. The second kappa shape index (κ2) is 7.12. The molecular formula is C14H13BrF3N3O2. The summed E-state index contributed by atoms with van der Waals surface area (Å²) >= 11 is 3.27. The maximum Gasteiger partial charge on any atom is 0.436 e. The lowest BCUT2D eigenvalue weighted by Gasteiger charge is -2.15. The summed E-state index contributed by atoms with van der Waals surface area (Å²) < 4.78 is 42.7. The number of carbonyl (C=O) groups is 1. The Morgan fingerprint density at radius 3 is 2.70 bits per heavy atom. The first-order valence-electron chi connectivity index (χ1n) is 6.76. The van der Waals surface area contributed by atoms with E-state index in [-0.39, 0.29) is 5.88 Å². The van der Waals surface area contributed by atoms with Gasteiger partial charge in [-0.3, -0.25) is 15.1 Å². The third-order valence-electron chi connectivity index (χ3n) is 3.07. The molecule has 1 atom stereocenters. The van der Waals surface area contributed by atoms with Gasteiger partial charge in [-0.15, -0.1) is 0 Å². The largest absolute Gasteiger partial charge is 0.436 e. The minimum Gasteiger partial charge on any atom is -0.338 e. The highest BCUT2D eigenvalue weighted by Crippen LogP contribution is 2.30. The van der Waals surface area contributed by atoms with Crippen LogP contribution in [-0.4, -0.2) is 16.0 Å². The number of nitrogens with one attached hydrogen (secondary N) is 1. The predicted octanol–water partition coefficient (Wildman–Crippen LogP) is 4.37. The van der Waals surface area contributed by atoms with E-state index in [0.29, 0.717) is 22.5 Å². The van der Waals surface area contributed by atoms with Gasteiger partial charge in [-0.05, 0) is 34.0 Å².